The third-order valence-electron chi connectivity index (χ3n) is 3.12. The Morgan fingerprint density at radius 2 is 1.85 bits per heavy atom. The summed E-state index contributed by atoms with van der Waals surface area (Å²) >= 11 is 5.35. The average molecular weight is 296 g/mol. The number of hydrogen-bond acceptors (Lipinski definition) is 3. The van der Waals surface area contributed by atoms with Gasteiger partial charge in [0.2, 0.25) is 0 Å². The van der Waals surface area contributed by atoms with Crippen LogP contribution >= 0.6 is 12.2 Å². The van der Waals surface area contributed by atoms with Crippen molar-refractivity contribution in [1.29, 1.82) is 0 Å². The van der Waals surface area contributed by atoms with Gasteiger partial charge in [-0.1, -0.05) is 6.92 Å². The Labute approximate surface area is 127 Å². The van der Waals surface area contributed by atoms with Crippen molar-refractivity contribution in [3.05, 3.63) is 23.3 Å². The van der Waals surface area contributed by atoms with Gasteiger partial charge in [-0.05, 0) is 48.8 Å². The number of aryl methyl sites for hydroxylation is 1. The molecule has 0 bridgehead atoms. The van der Waals surface area contributed by atoms with E-state index in [2.05, 4.69) is 19.2 Å². The summed E-state index contributed by atoms with van der Waals surface area (Å²) in [5.74, 6) is 1.50. The third-order valence-corrected chi connectivity index (χ3v) is 3.58. The maximum Gasteiger partial charge on any atom is 0.168 e. The molecule has 0 unspecified atom stereocenters. The van der Waals surface area contributed by atoms with Crippen molar-refractivity contribution < 1.29 is 9.47 Å². The number of nitrogens with zero attached hydrogens (tertiary/aromatic N) is 1. The highest BCUT2D eigenvalue weighted by atomic mass is 32.1. The molecular weight excluding hydrogens is 272 g/mol. The van der Waals surface area contributed by atoms with Crippen LogP contribution in [0.25, 0.3) is 0 Å². The van der Waals surface area contributed by atoms with Crippen LogP contribution in [0.4, 0.5) is 0 Å². The molecule has 0 aliphatic rings. The molecule has 0 radical (unpaired) electrons. The fourth-order valence-electron chi connectivity index (χ4n) is 1.89. The monoisotopic (exact) mass is 296 g/mol. The van der Waals surface area contributed by atoms with Gasteiger partial charge in [-0.25, -0.2) is 0 Å². The van der Waals surface area contributed by atoms with E-state index < -0.39 is 0 Å². The molecule has 0 aliphatic heterocycles. The van der Waals surface area contributed by atoms with Crippen LogP contribution in [0, 0.1) is 6.92 Å². The van der Waals surface area contributed by atoms with Crippen molar-refractivity contribution in [2.75, 3.05) is 27.8 Å². The van der Waals surface area contributed by atoms with Crippen LogP contribution in [-0.4, -0.2) is 37.8 Å². The van der Waals surface area contributed by atoms with E-state index in [4.69, 9.17) is 21.7 Å². The zero-order valence-electron chi connectivity index (χ0n) is 12.9. The molecule has 0 amide bonds. The highest BCUT2D eigenvalue weighted by Gasteiger charge is 2.11. The molecule has 112 valence electrons. The fourth-order valence-corrected chi connectivity index (χ4v) is 2.05. The summed E-state index contributed by atoms with van der Waals surface area (Å²) in [5.41, 5.74) is 2.33. The van der Waals surface area contributed by atoms with Crippen LogP contribution in [-0.2, 0) is 6.54 Å². The maximum atomic E-state index is 5.35. The van der Waals surface area contributed by atoms with E-state index >= 15 is 0 Å². The van der Waals surface area contributed by atoms with E-state index in [-0.39, 0.29) is 0 Å². The molecule has 0 aromatic heterocycles. The lowest BCUT2D eigenvalue weighted by Gasteiger charge is -2.22. The standard InChI is InChI=1S/C15H24N2O2S/c1-6-7-16-15(20)17(3)10-12-9-14(19-5)13(18-4)8-11(12)2/h8-9H,6-7,10H2,1-5H3,(H,16,20). The van der Waals surface area contributed by atoms with Crippen molar-refractivity contribution in [1.82, 2.24) is 10.2 Å². The van der Waals surface area contributed by atoms with Crippen molar-refractivity contribution in [3.63, 3.8) is 0 Å². The Bertz CT molecular complexity index is 463. The van der Waals surface area contributed by atoms with Crippen molar-refractivity contribution in [2.45, 2.75) is 26.8 Å². The summed E-state index contributed by atoms with van der Waals surface area (Å²) < 4.78 is 10.6. The molecule has 0 heterocycles. The first kappa shape index (κ1) is 16.6. The lowest BCUT2D eigenvalue weighted by molar-refractivity contribution is 0.353. The summed E-state index contributed by atoms with van der Waals surface area (Å²) in [7, 11) is 5.28. The molecule has 1 aromatic carbocycles. The summed E-state index contributed by atoms with van der Waals surface area (Å²) in [6, 6.07) is 4.00. The largest absolute Gasteiger partial charge is 0.493 e. The van der Waals surface area contributed by atoms with Crippen molar-refractivity contribution in [3.8, 4) is 11.5 Å². The summed E-state index contributed by atoms with van der Waals surface area (Å²) in [6.45, 7) is 5.82. The zero-order chi connectivity index (χ0) is 15.1. The van der Waals surface area contributed by atoms with Crippen molar-refractivity contribution in [2.24, 2.45) is 0 Å². The minimum Gasteiger partial charge on any atom is -0.493 e. The molecule has 20 heavy (non-hydrogen) atoms. The number of rotatable bonds is 6. The molecule has 0 spiro atoms. The first-order valence-electron chi connectivity index (χ1n) is 6.73. The minimum atomic E-state index is 0.738. The third kappa shape index (κ3) is 4.27. The first-order valence-corrected chi connectivity index (χ1v) is 7.14. The number of benzene rings is 1. The lowest BCUT2D eigenvalue weighted by atomic mass is 10.1. The van der Waals surface area contributed by atoms with Crippen molar-refractivity contribution >= 4 is 17.3 Å². The second kappa shape index (κ2) is 7.94. The van der Waals surface area contributed by atoms with E-state index in [1.54, 1.807) is 14.2 Å². The van der Waals surface area contributed by atoms with E-state index in [9.17, 15) is 0 Å². The minimum absolute atomic E-state index is 0.738. The van der Waals surface area contributed by atoms with Gasteiger partial charge in [0.25, 0.3) is 0 Å². The highest BCUT2D eigenvalue weighted by Crippen LogP contribution is 2.30. The summed E-state index contributed by atoms with van der Waals surface area (Å²) in [6.07, 6.45) is 1.06. The number of nitrogens with one attached hydrogen (secondary N) is 1. The molecule has 5 heteroatoms. The quantitative estimate of drug-likeness (QED) is 0.816. The normalized spacial score (nSPS) is 10.1. The molecular formula is C15H24N2O2S. The van der Waals surface area contributed by atoms with Gasteiger partial charge in [-0.15, -0.1) is 0 Å². The van der Waals surface area contributed by atoms with Crippen LogP contribution < -0.4 is 14.8 Å². The average Bonchev–Trinajstić information content (AvgIpc) is 2.45. The van der Waals surface area contributed by atoms with Gasteiger partial charge in [0.05, 0.1) is 14.2 Å². The van der Waals surface area contributed by atoms with Crippen LogP contribution in [0.15, 0.2) is 12.1 Å². The smallest absolute Gasteiger partial charge is 0.168 e. The second-order valence-electron chi connectivity index (χ2n) is 4.72. The second-order valence-corrected chi connectivity index (χ2v) is 5.11. The van der Waals surface area contributed by atoms with Crippen LogP contribution in [0.2, 0.25) is 0 Å². The summed E-state index contributed by atoms with van der Waals surface area (Å²) in [5, 5.41) is 3.99. The molecule has 0 saturated heterocycles. The Morgan fingerprint density at radius 3 is 2.40 bits per heavy atom. The van der Waals surface area contributed by atoms with Crippen LogP contribution in [0.3, 0.4) is 0 Å². The number of ether oxygens (including phenoxy) is 2. The molecule has 4 nitrogen and oxygen atoms in total. The van der Waals surface area contributed by atoms with Crippen LogP contribution in [0.1, 0.15) is 24.5 Å². The molecule has 0 fully saturated rings. The predicted octanol–water partition coefficient (Wildman–Crippen LogP) is 2.73. The first-order chi connectivity index (χ1) is 9.53. The lowest BCUT2D eigenvalue weighted by Crippen LogP contribution is -2.37. The molecule has 1 N–H and O–H groups in total. The SMILES string of the molecule is CCCNC(=S)N(C)Cc1cc(OC)c(OC)cc1C. The van der Waals surface area contributed by atoms with Gasteiger partial charge in [0.1, 0.15) is 0 Å². The zero-order valence-corrected chi connectivity index (χ0v) is 13.8. The molecule has 0 atom stereocenters. The van der Waals surface area contributed by atoms with Gasteiger partial charge in [0.15, 0.2) is 16.6 Å². The number of thiocarbonyl (C=S) groups is 1. The van der Waals surface area contributed by atoms with E-state index in [0.29, 0.717) is 0 Å². The Balaban J connectivity index is 2.84. The Kier molecular flexibility index (Phi) is 6.58. The van der Waals surface area contributed by atoms with E-state index in [1.165, 1.54) is 5.56 Å². The Morgan fingerprint density at radius 1 is 1.25 bits per heavy atom. The van der Waals surface area contributed by atoms with Gasteiger partial charge in [-0.3, -0.25) is 0 Å². The van der Waals surface area contributed by atoms with Gasteiger partial charge >= 0.3 is 0 Å². The predicted molar refractivity (Wildman–Crippen MR) is 86.6 cm³/mol. The van der Waals surface area contributed by atoms with E-state index in [1.807, 2.05) is 24.1 Å². The van der Waals surface area contributed by atoms with Gasteiger partial charge in [-0.2, -0.15) is 0 Å². The Hall–Kier alpha value is -1.49. The van der Waals surface area contributed by atoms with Gasteiger partial charge < -0.3 is 19.7 Å². The molecule has 0 aliphatic carbocycles. The summed E-state index contributed by atoms with van der Waals surface area (Å²) in [4.78, 5) is 2.03. The van der Waals surface area contributed by atoms with E-state index in [0.717, 1.165) is 41.7 Å². The molecule has 1 rings (SSSR count). The topological polar surface area (TPSA) is 33.7 Å². The molecule has 1 aromatic rings. The van der Waals surface area contributed by atoms with Gasteiger partial charge in [0, 0.05) is 20.1 Å². The number of methoxy groups -OCH3 is 2. The molecule has 0 saturated carbocycles. The van der Waals surface area contributed by atoms with Crippen LogP contribution in [0.5, 0.6) is 11.5 Å². The fraction of sp³-hybridized carbons (Fsp3) is 0.533. The number of hydrogen-bond donors (Lipinski definition) is 1. The maximum absolute atomic E-state index is 5.35. The highest BCUT2D eigenvalue weighted by molar-refractivity contribution is 7.80.